The van der Waals surface area contributed by atoms with Gasteiger partial charge in [-0.15, -0.1) is 0 Å². The van der Waals surface area contributed by atoms with Gasteiger partial charge in [-0.25, -0.2) is 0 Å². The first-order valence-corrected chi connectivity index (χ1v) is 6.78. The van der Waals surface area contributed by atoms with Crippen LogP contribution in [0.5, 0.6) is 0 Å². The van der Waals surface area contributed by atoms with Crippen LogP contribution in [-0.4, -0.2) is 4.99 Å². The topological polar surface area (TPSA) is 38.0 Å². The van der Waals surface area contributed by atoms with Gasteiger partial charge in [-0.3, -0.25) is 0 Å². The van der Waals surface area contributed by atoms with Gasteiger partial charge in [0.05, 0.1) is 6.04 Å². The highest BCUT2D eigenvalue weighted by atomic mass is 35.5. The molecule has 0 bridgehead atoms. The molecular weight excluding hydrogens is 276 g/mol. The summed E-state index contributed by atoms with van der Waals surface area (Å²) in [6.07, 6.45) is 0. The molecule has 19 heavy (non-hydrogen) atoms. The van der Waals surface area contributed by atoms with Gasteiger partial charge in [0.15, 0.2) is 0 Å². The normalized spacial score (nSPS) is 11.9. The number of nitrogens with one attached hydrogen (secondary N) is 1. The molecule has 98 valence electrons. The van der Waals surface area contributed by atoms with Crippen LogP contribution in [0.15, 0.2) is 48.5 Å². The molecule has 4 heteroatoms. The standard InChI is InChI=1S/C15H15ClN2S/c1-10(11-6-2-4-8-13(11)16)18-14-9-5-3-7-12(14)15(17)19/h2-10,18H,1H3,(H2,17,19). The molecule has 0 aliphatic heterocycles. The molecule has 0 aliphatic carbocycles. The summed E-state index contributed by atoms with van der Waals surface area (Å²) in [6.45, 7) is 2.05. The van der Waals surface area contributed by atoms with Crippen LogP contribution in [0.1, 0.15) is 24.1 Å². The molecule has 2 aromatic rings. The van der Waals surface area contributed by atoms with E-state index in [0.717, 1.165) is 21.8 Å². The first-order chi connectivity index (χ1) is 9.09. The predicted octanol–water partition coefficient (Wildman–Crippen LogP) is 4.15. The fourth-order valence-corrected chi connectivity index (χ4v) is 2.44. The highest BCUT2D eigenvalue weighted by Crippen LogP contribution is 2.27. The van der Waals surface area contributed by atoms with E-state index in [-0.39, 0.29) is 6.04 Å². The van der Waals surface area contributed by atoms with E-state index < -0.39 is 0 Å². The van der Waals surface area contributed by atoms with Crippen molar-refractivity contribution >= 4 is 34.5 Å². The molecule has 0 amide bonds. The van der Waals surface area contributed by atoms with Gasteiger partial charge in [0.1, 0.15) is 4.99 Å². The second-order valence-electron chi connectivity index (χ2n) is 4.30. The summed E-state index contributed by atoms with van der Waals surface area (Å²) in [6, 6.07) is 15.6. The van der Waals surface area contributed by atoms with Gasteiger partial charge in [0, 0.05) is 16.3 Å². The van der Waals surface area contributed by atoms with Gasteiger partial charge < -0.3 is 11.1 Å². The Morgan fingerprint density at radius 1 is 1.16 bits per heavy atom. The molecule has 0 radical (unpaired) electrons. The minimum absolute atomic E-state index is 0.0733. The van der Waals surface area contributed by atoms with Crippen molar-refractivity contribution in [3.63, 3.8) is 0 Å². The van der Waals surface area contributed by atoms with Gasteiger partial charge in [-0.05, 0) is 30.7 Å². The van der Waals surface area contributed by atoms with Crippen LogP contribution < -0.4 is 11.1 Å². The molecule has 0 aliphatic rings. The molecular formula is C15H15ClN2S. The van der Waals surface area contributed by atoms with Crippen LogP contribution in [0.25, 0.3) is 0 Å². The smallest absolute Gasteiger partial charge is 0.106 e. The maximum atomic E-state index is 6.20. The number of para-hydroxylation sites is 1. The van der Waals surface area contributed by atoms with E-state index in [1.54, 1.807) is 0 Å². The maximum Gasteiger partial charge on any atom is 0.106 e. The molecule has 2 nitrogen and oxygen atoms in total. The van der Waals surface area contributed by atoms with Crippen molar-refractivity contribution in [1.82, 2.24) is 0 Å². The Morgan fingerprint density at radius 2 is 1.79 bits per heavy atom. The van der Waals surface area contributed by atoms with Crippen molar-refractivity contribution in [3.8, 4) is 0 Å². The average molecular weight is 291 g/mol. The van der Waals surface area contributed by atoms with Crippen LogP contribution >= 0.6 is 23.8 Å². The van der Waals surface area contributed by atoms with E-state index in [1.807, 2.05) is 48.5 Å². The van der Waals surface area contributed by atoms with E-state index in [1.165, 1.54) is 0 Å². The Hall–Kier alpha value is -1.58. The second kappa shape index (κ2) is 6.04. The van der Waals surface area contributed by atoms with Gasteiger partial charge in [-0.2, -0.15) is 0 Å². The highest BCUT2D eigenvalue weighted by molar-refractivity contribution is 7.80. The van der Waals surface area contributed by atoms with Crippen LogP contribution in [0, 0.1) is 0 Å². The number of thiocarbonyl (C=S) groups is 1. The lowest BCUT2D eigenvalue weighted by molar-refractivity contribution is 0.884. The number of halogens is 1. The summed E-state index contributed by atoms with van der Waals surface area (Å²) in [5.74, 6) is 0. The van der Waals surface area contributed by atoms with Crippen molar-refractivity contribution in [1.29, 1.82) is 0 Å². The molecule has 0 saturated heterocycles. The largest absolute Gasteiger partial charge is 0.389 e. The maximum absolute atomic E-state index is 6.20. The summed E-state index contributed by atoms with van der Waals surface area (Å²) >= 11 is 11.3. The zero-order valence-electron chi connectivity index (χ0n) is 10.6. The molecule has 0 spiro atoms. The third-order valence-electron chi connectivity index (χ3n) is 2.94. The Bertz CT molecular complexity index is 598. The summed E-state index contributed by atoms with van der Waals surface area (Å²) in [4.78, 5) is 0.384. The molecule has 0 fully saturated rings. The second-order valence-corrected chi connectivity index (χ2v) is 5.14. The zero-order valence-corrected chi connectivity index (χ0v) is 12.1. The van der Waals surface area contributed by atoms with Crippen molar-refractivity contribution in [2.24, 2.45) is 5.73 Å². The van der Waals surface area contributed by atoms with Crippen LogP contribution in [0.4, 0.5) is 5.69 Å². The molecule has 2 aromatic carbocycles. The molecule has 2 rings (SSSR count). The van der Waals surface area contributed by atoms with E-state index >= 15 is 0 Å². The van der Waals surface area contributed by atoms with Crippen molar-refractivity contribution < 1.29 is 0 Å². The fraction of sp³-hybridized carbons (Fsp3) is 0.133. The molecule has 0 aromatic heterocycles. The molecule has 0 saturated carbocycles. The summed E-state index contributed by atoms with van der Waals surface area (Å²) < 4.78 is 0. The van der Waals surface area contributed by atoms with Gasteiger partial charge in [-0.1, -0.05) is 54.2 Å². The fourth-order valence-electron chi connectivity index (χ4n) is 1.96. The predicted molar refractivity (Wildman–Crippen MR) is 85.8 cm³/mol. The molecule has 3 N–H and O–H groups in total. The van der Waals surface area contributed by atoms with Crippen molar-refractivity contribution in [3.05, 3.63) is 64.7 Å². The molecule has 1 unspecified atom stereocenters. The summed E-state index contributed by atoms with van der Waals surface area (Å²) in [5, 5.41) is 4.14. The molecule has 0 heterocycles. The Kier molecular flexibility index (Phi) is 4.40. The highest BCUT2D eigenvalue weighted by Gasteiger charge is 2.11. The third kappa shape index (κ3) is 3.25. The number of benzene rings is 2. The lowest BCUT2D eigenvalue weighted by atomic mass is 10.1. The number of anilines is 1. The zero-order chi connectivity index (χ0) is 13.8. The van der Waals surface area contributed by atoms with Crippen LogP contribution in [0.2, 0.25) is 5.02 Å². The van der Waals surface area contributed by atoms with Crippen LogP contribution in [-0.2, 0) is 0 Å². The van der Waals surface area contributed by atoms with E-state index in [0.29, 0.717) is 4.99 Å². The van der Waals surface area contributed by atoms with Crippen molar-refractivity contribution in [2.75, 3.05) is 5.32 Å². The SMILES string of the molecule is CC(Nc1ccccc1C(N)=S)c1ccccc1Cl. The van der Waals surface area contributed by atoms with E-state index in [9.17, 15) is 0 Å². The van der Waals surface area contributed by atoms with Crippen LogP contribution in [0.3, 0.4) is 0 Å². The summed E-state index contributed by atoms with van der Waals surface area (Å²) in [5.41, 5.74) is 8.53. The quantitative estimate of drug-likeness (QED) is 0.831. The van der Waals surface area contributed by atoms with Gasteiger partial charge >= 0.3 is 0 Å². The van der Waals surface area contributed by atoms with Crippen molar-refractivity contribution in [2.45, 2.75) is 13.0 Å². The lowest BCUT2D eigenvalue weighted by Crippen LogP contribution is -2.15. The first kappa shape index (κ1) is 13.8. The van der Waals surface area contributed by atoms with E-state index in [4.69, 9.17) is 29.6 Å². The molecule has 1 atom stereocenters. The Morgan fingerprint density at radius 3 is 2.47 bits per heavy atom. The average Bonchev–Trinajstić information content (AvgIpc) is 2.39. The Balaban J connectivity index is 2.27. The minimum atomic E-state index is 0.0733. The number of nitrogens with two attached hydrogens (primary N) is 1. The summed E-state index contributed by atoms with van der Waals surface area (Å²) in [7, 11) is 0. The number of rotatable bonds is 4. The van der Waals surface area contributed by atoms with E-state index in [2.05, 4.69) is 12.2 Å². The number of hydrogen-bond donors (Lipinski definition) is 2. The first-order valence-electron chi connectivity index (χ1n) is 5.99. The number of hydrogen-bond acceptors (Lipinski definition) is 2. The third-order valence-corrected chi connectivity index (χ3v) is 3.50. The minimum Gasteiger partial charge on any atom is -0.389 e. The Labute approximate surface area is 123 Å². The van der Waals surface area contributed by atoms with Gasteiger partial charge in [0.2, 0.25) is 0 Å². The monoisotopic (exact) mass is 290 g/mol. The lowest BCUT2D eigenvalue weighted by Gasteiger charge is -2.19. The van der Waals surface area contributed by atoms with Gasteiger partial charge in [0.25, 0.3) is 0 Å².